The molecule has 0 saturated carbocycles. The number of hydrogen-bond acceptors (Lipinski definition) is 6. The zero-order valence-corrected chi connectivity index (χ0v) is 15.7. The molecule has 1 amide bonds. The Labute approximate surface area is 155 Å². The van der Waals surface area contributed by atoms with E-state index in [-0.39, 0.29) is 12.0 Å². The van der Waals surface area contributed by atoms with Crippen molar-refractivity contribution in [2.24, 2.45) is 0 Å². The van der Waals surface area contributed by atoms with Crippen molar-refractivity contribution in [2.45, 2.75) is 45.1 Å². The molecule has 4 rings (SSSR count). The van der Waals surface area contributed by atoms with Gasteiger partial charge in [-0.3, -0.25) is 4.79 Å². The lowest BCUT2D eigenvalue weighted by Crippen LogP contribution is -2.51. The summed E-state index contributed by atoms with van der Waals surface area (Å²) in [6.07, 6.45) is 5.39. The molecule has 3 aliphatic rings. The number of carbonyl (C=O) groups is 1. The van der Waals surface area contributed by atoms with Crippen molar-refractivity contribution >= 4 is 17.7 Å². The summed E-state index contributed by atoms with van der Waals surface area (Å²) >= 11 is 0. The molecule has 0 radical (unpaired) electrons. The van der Waals surface area contributed by atoms with Crippen molar-refractivity contribution in [3.63, 3.8) is 0 Å². The highest BCUT2D eigenvalue weighted by atomic mass is 16.5. The third-order valence-electron chi connectivity index (χ3n) is 5.59. The van der Waals surface area contributed by atoms with Gasteiger partial charge in [0.05, 0.1) is 0 Å². The maximum Gasteiger partial charge on any atom is 0.251 e. The van der Waals surface area contributed by atoms with E-state index in [9.17, 15) is 4.79 Å². The summed E-state index contributed by atoms with van der Waals surface area (Å²) in [5.41, 5.74) is 1.01. The third kappa shape index (κ3) is 3.77. The van der Waals surface area contributed by atoms with Crippen LogP contribution in [-0.2, 0) is 9.53 Å². The summed E-state index contributed by atoms with van der Waals surface area (Å²) in [6.45, 7) is 7.95. The van der Waals surface area contributed by atoms with Gasteiger partial charge in [-0.15, -0.1) is 0 Å². The lowest BCUT2D eigenvalue weighted by molar-refractivity contribution is -0.141. The number of aryl methyl sites for hydroxylation is 1. The number of carbonyl (C=O) groups excluding carboxylic acids is 1. The van der Waals surface area contributed by atoms with Crippen LogP contribution >= 0.6 is 0 Å². The Kier molecular flexibility index (Phi) is 5.24. The first-order valence-electron chi connectivity index (χ1n) is 9.97. The van der Waals surface area contributed by atoms with Gasteiger partial charge in [0, 0.05) is 57.6 Å². The Bertz CT molecular complexity index is 633. The zero-order chi connectivity index (χ0) is 17.9. The van der Waals surface area contributed by atoms with Crippen LogP contribution in [0.3, 0.4) is 0 Å². The number of amides is 1. The van der Waals surface area contributed by atoms with Gasteiger partial charge in [0.1, 0.15) is 11.9 Å². The average molecular weight is 359 g/mol. The lowest BCUT2D eigenvalue weighted by atomic mass is 10.1. The first-order valence-corrected chi connectivity index (χ1v) is 9.97. The number of aromatic nitrogens is 2. The minimum atomic E-state index is -0.214. The molecule has 142 valence electrons. The molecule has 7 nitrogen and oxygen atoms in total. The van der Waals surface area contributed by atoms with Gasteiger partial charge in [-0.1, -0.05) is 0 Å². The van der Waals surface area contributed by atoms with E-state index in [2.05, 4.69) is 20.9 Å². The molecule has 0 N–H and O–H groups in total. The van der Waals surface area contributed by atoms with Crippen LogP contribution < -0.4 is 9.80 Å². The highest BCUT2D eigenvalue weighted by molar-refractivity contribution is 5.81. The van der Waals surface area contributed by atoms with E-state index >= 15 is 0 Å². The van der Waals surface area contributed by atoms with E-state index in [4.69, 9.17) is 9.72 Å². The molecule has 1 aromatic heterocycles. The fraction of sp³-hybridized carbons (Fsp3) is 0.737. The fourth-order valence-electron chi connectivity index (χ4n) is 4.07. The zero-order valence-electron chi connectivity index (χ0n) is 15.7. The van der Waals surface area contributed by atoms with Gasteiger partial charge < -0.3 is 19.4 Å². The summed E-state index contributed by atoms with van der Waals surface area (Å²) in [6, 6.07) is 2.06. The topological polar surface area (TPSA) is 61.8 Å². The van der Waals surface area contributed by atoms with Crippen molar-refractivity contribution in [3.8, 4) is 0 Å². The number of piperazine rings is 1. The van der Waals surface area contributed by atoms with Crippen molar-refractivity contribution in [1.82, 2.24) is 14.9 Å². The summed E-state index contributed by atoms with van der Waals surface area (Å²) in [5.74, 6) is 2.01. The predicted molar refractivity (Wildman–Crippen MR) is 101 cm³/mol. The molecule has 0 bridgehead atoms. The normalized spacial score (nSPS) is 24.2. The molecule has 1 atom stereocenters. The smallest absolute Gasteiger partial charge is 0.251 e. The average Bonchev–Trinajstić information content (AvgIpc) is 3.22. The summed E-state index contributed by atoms with van der Waals surface area (Å²) in [7, 11) is 0. The van der Waals surface area contributed by atoms with E-state index in [0.29, 0.717) is 0 Å². The standard InChI is InChI=1S/C19H29N5O2/c1-15-14-17(21-19(20-15)24-7-3-2-4-8-24)22-9-11-23(12-10-22)18(25)16-6-5-13-26-16/h14,16H,2-13H2,1H3/t16-/m1/s1. The molecule has 0 aliphatic carbocycles. The minimum absolute atomic E-state index is 0.162. The van der Waals surface area contributed by atoms with Gasteiger partial charge in [0.2, 0.25) is 5.95 Å². The maximum atomic E-state index is 12.5. The predicted octanol–water partition coefficient (Wildman–Crippen LogP) is 1.60. The van der Waals surface area contributed by atoms with Crippen LogP contribution in [-0.4, -0.2) is 72.8 Å². The molecule has 0 unspecified atom stereocenters. The van der Waals surface area contributed by atoms with E-state index < -0.39 is 0 Å². The van der Waals surface area contributed by atoms with Crippen molar-refractivity contribution in [3.05, 3.63) is 11.8 Å². The van der Waals surface area contributed by atoms with Gasteiger partial charge >= 0.3 is 0 Å². The Hall–Kier alpha value is -1.89. The van der Waals surface area contributed by atoms with E-state index in [0.717, 1.165) is 76.2 Å². The van der Waals surface area contributed by atoms with Crippen LogP contribution in [0.15, 0.2) is 6.07 Å². The van der Waals surface area contributed by atoms with E-state index in [1.54, 1.807) is 0 Å². The Morgan fingerprint density at radius 3 is 2.46 bits per heavy atom. The first kappa shape index (κ1) is 17.5. The second-order valence-corrected chi connectivity index (χ2v) is 7.53. The number of piperidine rings is 1. The molecule has 3 saturated heterocycles. The second-order valence-electron chi connectivity index (χ2n) is 7.53. The quantitative estimate of drug-likeness (QED) is 0.817. The summed E-state index contributed by atoms with van der Waals surface area (Å²) in [5, 5.41) is 0. The molecule has 3 fully saturated rings. The Morgan fingerprint density at radius 1 is 1.00 bits per heavy atom. The van der Waals surface area contributed by atoms with Crippen LogP contribution in [0.2, 0.25) is 0 Å². The number of hydrogen-bond donors (Lipinski definition) is 0. The van der Waals surface area contributed by atoms with E-state index in [1.807, 2.05) is 11.8 Å². The van der Waals surface area contributed by atoms with Gasteiger partial charge in [-0.2, -0.15) is 4.98 Å². The molecule has 1 aromatic rings. The second kappa shape index (κ2) is 7.78. The van der Waals surface area contributed by atoms with Crippen LogP contribution in [0.4, 0.5) is 11.8 Å². The minimum Gasteiger partial charge on any atom is -0.368 e. The third-order valence-corrected chi connectivity index (χ3v) is 5.59. The number of nitrogens with zero attached hydrogens (tertiary/aromatic N) is 5. The maximum absolute atomic E-state index is 12.5. The largest absolute Gasteiger partial charge is 0.368 e. The van der Waals surface area contributed by atoms with Crippen LogP contribution in [0, 0.1) is 6.92 Å². The molecule has 26 heavy (non-hydrogen) atoms. The molecule has 7 heteroatoms. The van der Waals surface area contributed by atoms with Crippen molar-refractivity contribution < 1.29 is 9.53 Å². The van der Waals surface area contributed by atoms with E-state index in [1.165, 1.54) is 19.3 Å². The highest BCUT2D eigenvalue weighted by Crippen LogP contribution is 2.22. The molecule has 3 aliphatic heterocycles. The van der Waals surface area contributed by atoms with Gasteiger partial charge in [0.25, 0.3) is 5.91 Å². The number of ether oxygens (including phenoxy) is 1. The summed E-state index contributed by atoms with van der Waals surface area (Å²) in [4.78, 5) is 28.5. The molecular weight excluding hydrogens is 330 g/mol. The van der Waals surface area contributed by atoms with Crippen molar-refractivity contribution in [1.29, 1.82) is 0 Å². The SMILES string of the molecule is Cc1cc(N2CCN(C(=O)[C@H]3CCCO3)CC2)nc(N2CCCCC2)n1. The number of anilines is 2. The Balaban J connectivity index is 1.40. The van der Waals surface area contributed by atoms with Gasteiger partial charge in [-0.25, -0.2) is 4.98 Å². The van der Waals surface area contributed by atoms with Crippen LogP contribution in [0.5, 0.6) is 0 Å². The van der Waals surface area contributed by atoms with Gasteiger partial charge in [0.15, 0.2) is 0 Å². The first-order chi connectivity index (χ1) is 12.7. The molecular formula is C19H29N5O2. The molecule has 4 heterocycles. The number of rotatable bonds is 3. The van der Waals surface area contributed by atoms with Gasteiger partial charge in [-0.05, 0) is 39.0 Å². The monoisotopic (exact) mass is 359 g/mol. The van der Waals surface area contributed by atoms with Crippen molar-refractivity contribution in [2.75, 3.05) is 55.7 Å². The molecule has 0 aromatic carbocycles. The van der Waals surface area contributed by atoms with Crippen LogP contribution in [0.1, 0.15) is 37.8 Å². The van der Waals surface area contributed by atoms with Crippen LogP contribution in [0.25, 0.3) is 0 Å². The fourth-order valence-corrected chi connectivity index (χ4v) is 4.07. The lowest BCUT2D eigenvalue weighted by Gasteiger charge is -2.37. The molecule has 0 spiro atoms. The Morgan fingerprint density at radius 2 is 1.77 bits per heavy atom. The highest BCUT2D eigenvalue weighted by Gasteiger charge is 2.30. The summed E-state index contributed by atoms with van der Waals surface area (Å²) < 4.78 is 5.55.